The van der Waals surface area contributed by atoms with Crippen molar-refractivity contribution in [2.75, 3.05) is 0 Å². The molecule has 0 bridgehead atoms. The highest BCUT2D eigenvalue weighted by atomic mass is 32.1. The van der Waals surface area contributed by atoms with E-state index >= 15 is 0 Å². The summed E-state index contributed by atoms with van der Waals surface area (Å²) in [4.78, 5) is 26.9. The average Bonchev–Trinajstić information content (AvgIpc) is 2.53. The van der Waals surface area contributed by atoms with E-state index in [1.807, 2.05) is 30.3 Å². The quantitative estimate of drug-likeness (QED) is 0.740. The number of benzene rings is 1. The molecule has 1 aromatic heterocycles. The number of H-pyrrole nitrogens is 1. The Bertz CT molecular complexity index is 713. The first kappa shape index (κ1) is 15.9. The fourth-order valence-corrected chi connectivity index (χ4v) is 2.11. The smallest absolute Gasteiger partial charge is 0.254 e. The predicted octanol–water partition coefficient (Wildman–Crippen LogP) is 2.18. The minimum atomic E-state index is -0.647. The van der Waals surface area contributed by atoms with Crippen molar-refractivity contribution >= 4 is 24.0 Å². The Morgan fingerprint density at radius 1 is 1.18 bits per heavy atom. The normalized spacial score (nSPS) is 11.5. The molecule has 0 fully saturated rings. The minimum absolute atomic E-state index is 0.247. The number of aromatic nitrogens is 1. The fraction of sp³-hybridized carbons (Fsp3) is 0.188. The van der Waals surface area contributed by atoms with E-state index < -0.39 is 6.04 Å². The molecule has 2 aromatic rings. The zero-order valence-corrected chi connectivity index (χ0v) is 12.9. The molecule has 0 saturated carbocycles. The largest absolute Gasteiger partial charge is 0.352 e. The van der Waals surface area contributed by atoms with E-state index in [1.54, 1.807) is 25.3 Å². The minimum Gasteiger partial charge on any atom is -0.352 e. The number of hydrogen-bond donors (Lipinski definition) is 3. The van der Waals surface area contributed by atoms with Crippen LogP contribution in [0.25, 0.3) is 0 Å². The molecule has 0 aliphatic rings. The van der Waals surface area contributed by atoms with Crippen LogP contribution in [0.3, 0.4) is 0 Å². The number of carbonyl (C=O) groups excluding carboxylic acids is 2. The van der Waals surface area contributed by atoms with Gasteiger partial charge in [0.1, 0.15) is 10.7 Å². The molecule has 2 amide bonds. The van der Waals surface area contributed by atoms with Gasteiger partial charge in [0.05, 0.1) is 5.56 Å². The van der Waals surface area contributed by atoms with E-state index in [9.17, 15) is 9.59 Å². The van der Waals surface area contributed by atoms with Gasteiger partial charge in [-0.2, -0.15) is 0 Å². The van der Waals surface area contributed by atoms with E-state index in [4.69, 9.17) is 12.2 Å². The van der Waals surface area contributed by atoms with Gasteiger partial charge in [-0.05, 0) is 24.6 Å². The van der Waals surface area contributed by atoms with Gasteiger partial charge in [-0.15, -0.1) is 0 Å². The van der Waals surface area contributed by atoms with Crippen LogP contribution in [0.2, 0.25) is 0 Å². The maximum absolute atomic E-state index is 12.1. The average molecular weight is 315 g/mol. The summed E-state index contributed by atoms with van der Waals surface area (Å²) in [6.07, 6.45) is 1.65. The summed E-state index contributed by atoms with van der Waals surface area (Å²) in [5.74, 6) is -0.618. The lowest BCUT2D eigenvalue weighted by molar-refractivity contribution is -0.122. The number of carbonyl (C=O) groups is 2. The van der Waals surface area contributed by atoms with E-state index in [2.05, 4.69) is 15.6 Å². The zero-order chi connectivity index (χ0) is 15.9. The van der Waals surface area contributed by atoms with Crippen LogP contribution in [0.15, 0.2) is 48.7 Å². The number of rotatable bonds is 5. The van der Waals surface area contributed by atoms with Crippen molar-refractivity contribution in [3.05, 3.63) is 64.4 Å². The van der Waals surface area contributed by atoms with Gasteiger partial charge < -0.3 is 15.6 Å². The Morgan fingerprint density at radius 3 is 2.59 bits per heavy atom. The maximum atomic E-state index is 12.1. The van der Waals surface area contributed by atoms with Crippen LogP contribution in [-0.2, 0) is 11.3 Å². The van der Waals surface area contributed by atoms with E-state index in [0.29, 0.717) is 16.7 Å². The van der Waals surface area contributed by atoms with Gasteiger partial charge in [0, 0.05) is 12.7 Å². The summed E-state index contributed by atoms with van der Waals surface area (Å²) in [5, 5.41) is 5.42. The number of hydrogen-bond acceptors (Lipinski definition) is 3. The molecule has 1 aromatic carbocycles. The van der Waals surface area contributed by atoms with Gasteiger partial charge in [-0.25, -0.2) is 0 Å². The third-order valence-electron chi connectivity index (χ3n) is 3.11. The molecule has 0 radical (unpaired) electrons. The number of pyridine rings is 1. The monoisotopic (exact) mass is 315 g/mol. The summed E-state index contributed by atoms with van der Waals surface area (Å²) >= 11 is 5.04. The van der Waals surface area contributed by atoms with Crippen LogP contribution in [-0.4, -0.2) is 22.8 Å². The SMILES string of the molecule is CC(NC(=O)c1ccc[nH]c1=S)C(=O)NCc1ccccc1. The number of nitrogens with one attached hydrogen (secondary N) is 3. The van der Waals surface area contributed by atoms with Gasteiger partial charge in [0.25, 0.3) is 5.91 Å². The van der Waals surface area contributed by atoms with Crippen LogP contribution in [0.1, 0.15) is 22.8 Å². The van der Waals surface area contributed by atoms with Crippen LogP contribution >= 0.6 is 12.2 Å². The first-order chi connectivity index (χ1) is 10.6. The number of amides is 2. The molecule has 22 heavy (non-hydrogen) atoms. The van der Waals surface area contributed by atoms with E-state index in [0.717, 1.165) is 5.56 Å². The topological polar surface area (TPSA) is 74.0 Å². The lowest BCUT2D eigenvalue weighted by Gasteiger charge is -2.14. The summed E-state index contributed by atoms with van der Waals surface area (Å²) in [7, 11) is 0. The van der Waals surface area contributed by atoms with Gasteiger partial charge in [0.15, 0.2) is 0 Å². The molecule has 0 aliphatic heterocycles. The highest BCUT2D eigenvalue weighted by Gasteiger charge is 2.17. The molecule has 0 spiro atoms. The molecular formula is C16H17N3O2S. The van der Waals surface area contributed by atoms with Crippen LogP contribution in [0, 0.1) is 4.64 Å². The predicted molar refractivity (Wildman–Crippen MR) is 86.8 cm³/mol. The van der Waals surface area contributed by atoms with Crippen LogP contribution in [0.4, 0.5) is 0 Å². The number of aromatic amines is 1. The maximum Gasteiger partial charge on any atom is 0.254 e. The molecule has 0 aliphatic carbocycles. The van der Waals surface area contributed by atoms with E-state index in [-0.39, 0.29) is 11.8 Å². The van der Waals surface area contributed by atoms with Gasteiger partial charge in [-0.3, -0.25) is 9.59 Å². The third kappa shape index (κ3) is 4.26. The molecule has 6 heteroatoms. The summed E-state index contributed by atoms with van der Waals surface area (Å²) in [6.45, 7) is 2.05. The third-order valence-corrected chi connectivity index (χ3v) is 3.45. The second-order valence-electron chi connectivity index (χ2n) is 4.81. The molecule has 1 unspecified atom stereocenters. The highest BCUT2D eigenvalue weighted by molar-refractivity contribution is 7.71. The van der Waals surface area contributed by atoms with Crippen molar-refractivity contribution in [1.82, 2.24) is 15.6 Å². The molecule has 114 valence electrons. The van der Waals surface area contributed by atoms with Crippen molar-refractivity contribution in [1.29, 1.82) is 0 Å². The Balaban J connectivity index is 1.90. The van der Waals surface area contributed by atoms with Crippen molar-refractivity contribution in [2.24, 2.45) is 0 Å². The zero-order valence-electron chi connectivity index (χ0n) is 12.1. The molecule has 2 rings (SSSR count). The lowest BCUT2D eigenvalue weighted by atomic mass is 10.2. The highest BCUT2D eigenvalue weighted by Crippen LogP contribution is 2.01. The molecule has 1 atom stereocenters. The Labute approximate surface area is 133 Å². The molecule has 1 heterocycles. The fourth-order valence-electron chi connectivity index (χ4n) is 1.88. The molecule has 0 saturated heterocycles. The second-order valence-corrected chi connectivity index (χ2v) is 5.22. The van der Waals surface area contributed by atoms with Gasteiger partial charge in [-0.1, -0.05) is 42.5 Å². The molecule has 5 nitrogen and oxygen atoms in total. The van der Waals surface area contributed by atoms with Crippen molar-refractivity contribution in [2.45, 2.75) is 19.5 Å². The summed E-state index contributed by atoms with van der Waals surface area (Å²) < 4.78 is 0.344. The summed E-state index contributed by atoms with van der Waals surface area (Å²) in [6, 6.07) is 12.2. The van der Waals surface area contributed by atoms with Crippen LogP contribution in [0.5, 0.6) is 0 Å². The first-order valence-electron chi connectivity index (χ1n) is 6.88. The van der Waals surface area contributed by atoms with Crippen LogP contribution < -0.4 is 10.6 Å². The van der Waals surface area contributed by atoms with Gasteiger partial charge >= 0.3 is 0 Å². The Morgan fingerprint density at radius 2 is 1.91 bits per heavy atom. The summed E-state index contributed by atoms with van der Waals surface area (Å²) in [5.41, 5.74) is 1.35. The Hall–Kier alpha value is -2.47. The van der Waals surface area contributed by atoms with Crippen molar-refractivity contribution < 1.29 is 9.59 Å². The van der Waals surface area contributed by atoms with Gasteiger partial charge in [0.2, 0.25) is 5.91 Å². The molecular weight excluding hydrogens is 298 g/mol. The van der Waals surface area contributed by atoms with Crippen molar-refractivity contribution in [3.8, 4) is 0 Å². The second kappa shape index (κ2) is 7.51. The first-order valence-corrected chi connectivity index (χ1v) is 7.29. The van der Waals surface area contributed by atoms with Crippen molar-refractivity contribution in [3.63, 3.8) is 0 Å². The standard InChI is InChI=1S/C16H17N3O2S/c1-11(14(20)18-10-12-6-3-2-4-7-12)19-15(21)13-8-5-9-17-16(13)22/h2-9,11H,10H2,1H3,(H,17,22)(H,18,20)(H,19,21). The molecule has 3 N–H and O–H groups in total. The van der Waals surface area contributed by atoms with E-state index in [1.165, 1.54) is 0 Å². The lowest BCUT2D eigenvalue weighted by Crippen LogP contribution is -2.44. The Kier molecular flexibility index (Phi) is 5.43.